The zero-order valence-corrected chi connectivity index (χ0v) is 14.9. The van der Waals surface area contributed by atoms with Crippen LogP contribution in [0.5, 0.6) is 0 Å². The van der Waals surface area contributed by atoms with E-state index in [9.17, 15) is 4.79 Å². The lowest BCUT2D eigenvalue weighted by molar-refractivity contribution is -0.116. The normalized spacial score (nSPS) is 10.8. The van der Waals surface area contributed by atoms with Crippen molar-refractivity contribution in [1.82, 2.24) is 10.2 Å². The minimum absolute atomic E-state index is 0.0828. The monoisotopic (exact) mass is 357 g/mol. The molecule has 0 spiro atoms. The van der Waals surface area contributed by atoms with Gasteiger partial charge in [-0.2, -0.15) is 11.8 Å². The number of carbonyl (C=O) groups is 1. The van der Waals surface area contributed by atoms with Crippen molar-refractivity contribution in [2.45, 2.75) is 25.5 Å². The summed E-state index contributed by atoms with van der Waals surface area (Å²) < 4.78 is 10.8. The Morgan fingerprint density at radius 1 is 1.28 bits per heavy atom. The Morgan fingerprint density at radius 2 is 2.16 bits per heavy atom. The molecule has 0 saturated carbocycles. The number of nitrogens with zero attached hydrogens (tertiary/aromatic N) is 2. The maximum absolute atomic E-state index is 12.1. The van der Waals surface area contributed by atoms with Gasteiger partial charge in [-0.1, -0.05) is 12.1 Å². The second-order valence-electron chi connectivity index (χ2n) is 5.57. The zero-order chi connectivity index (χ0) is 17.6. The molecule has 25 heavy (non-hydrogen) atoms. The van der Waals surface area contributed by atoms with Crippen LogP contribution in [0.1, 0.15) is 23.6 Å². The van der Waals surface area contributed by atoms with Crippen molar-refractivity contribution in [2.75, 3.05) is 11.6 Å². The Balaban J connectivity index is 1.55. The summed E-state index contributed by atoms with van der Waals surface area (Å²) in [6.07, 6.45) is 4.29. The predicted octanol–water partition coefficient (Wildman–Crippen LogP) is 4.07. The van der Waals surface area contributed by atoms with Crippen molar-refractivity contribution >= 4 is 23.4 Å². The molecular weight excluding hydrogens is 338 g/mol. The van der Waals surface area contributed by atoms with E-state index in [0.717, 1.165) is 22.8 Å². The fourth-order valence-electron chi connectivity index (χ4n) is 2.42. The molecule has 1 aromatic carbocycles. The molecule has 2 heterocycles. The van der Waals surface area contributed by atoms with Crippen molar-refractivity contribution in [3.63, 3.8) is 0 Å². The molecule has 2 aromatic heterocycles. The maximum atomic E-state index is 12.1. The van der Waals surface area contributed by atoms with Crippen LogP contribution >= 0.6 is 11.8 Å². The summed E-state index contributed by atoms with van der Waals surface area (Å²) >= 11 is 1.74. The quantitative estimate of drug-likeness (QED) is 0.686. The number of furan rings is 1. The first-order chi connectivity index (χ1) is 12.2. The smallest absolute Gasteiger partial charge is 0.251 e. The van der Waals surface area contributed by atoms with Crippen LogP contribution in [0.15, 0.2) is 45.4 Å². The highest BCUT2D eigenvalue weighted by atomic mass is 32.2. The van der Waals surface area contributed by atoms with Gasteiger partial charge in [0.15, 0.2) is 0 Å². The number of hydrogen-bond donors (Lipinski definition) is 1. The Bertz CT molecular complexity index is 857. The van der Waals surface area contributed by atoms with E-state index >= 15 is 0 Å². The topological polar surface area (TPSA) is 81.2 Å². The van der Waals surface area contributed by atoms with Gasteiger partial charge in [-0.3, -0.25) is 4.79 Å². The van der Waals surface area contributed by atoms with Gasteiger partial charge >= 0.3 is 0 Å². The molecule has 0 radical (unpaired) electrons. The second-order valence-corrected chi connectivity index (χ2v) is 6.44. The third-order valence-electron chi connectivity index (χ3n) is 3.64. The van der Waals surface area contributed by atoms with E-state index in [0.29, 0.717) is 18.2 Å². The summed E-state index contributed by atoms with van der Waals surface area (Å²) in [5, 5.41) is 10.9. The number of amides is 1. The van der Waals surface area contributed by atoms with Crippen molar-refractivity contribution in [3.8, 4) is 11.5 Å². The van der Waals surface area contributed by atoms with Gasteiger partial charge in [0.25, 0.3) is 5.89 Å². The summed E-state index contributed by atoms with van der Waals surface area (Å²) in [6.45, 7) is 1.83. The molecule has 0 atom stereocenters. The molecule has 0 saturated heterocycles. The Kier molecular flexibility index (Phi) is 5.55. The highest BCUT2D eigenvalue weighted by Crippen LogP contribution is 2.23. The van der Waals surface area contributed by atoms with Crippen LogP contribution in [0.2, 0.25) is 0 Å². The van der Waals surface area contributed by atoms with Gasteiger partial charge in [0.2, 0.25) is 11.8 Å². The average Bonchev–Trinajstić information content (AvgIpc) is 3.22. The minimum atomic E-state index is -0.0828. The summed E-state index contributed by atoms with van der Waals surface area (Å²) in [5.41, 5.74) is 2.76. The lowest BCUT2D eigenvalue weighted by atomic mass is 10.2. The SMILES string of the molecule is CSCc1cccc(NC(=O)CCc2nnc(-c3ccoc3C)o2)c1. The number of hydrogen-bond acceptors (Lipinski definition) is 6. The van der Waals surface area contributed by atoms with E-state index in [1.54, 1.807) is 24.1 Å². The summed E-state index contributed by atoms with van der Waals surface area (Å²) in [4.78, 5) is 12.1. The molecule has 0 aliphatic rings. The van der Waals surface area contributed by atoms with Gasteiger partial charge in [-0.25, -0.2) is 0 Å². The van der Waals surface area contributed by atoms with Crippen LogP contribution in [0, 0.1) is 6.92 Å². The van der Waals surface area contributed by atoms with Crippen LogP contribution in [-0.4, -0.2) is 22.4 Å². The van der Waals surface area contributed by atoms with E-state index in [1.807, 2.05) is 31.2 Å². The molecule has 0 aliphatic heterocycles. The molecule has 0 fully saturated rings. The van der Waals surface area contributed by atoms with Crippen molar-refractivity contribution < 1.29 is 13.6 Å². The molecule has 1 N–H and O–H groups in total. The first kappa shape index (κ1) is 17.3. The van der Waals surface area contributed by atoms with Crippen LogP contribution in [0.4, 0.5) is 5.69 Å². The number of rotatable bonds is 7. The third-order valence-corrected chi connectivity index (χ3v) is 4.27. The predicted molar refractivity (Wildman–Crippen MR) is 97.3 cm³/mol. The lowest BCUT2D eigenvalue weighted by Gasteiger charge is -2.06. The molecule has 0 unspecified atom stereocenters. The maximum Gasteiger partial charge on any atom is 0.251 e. The molecular formula is C18H19N3O3S. The number of aryl methyl sites for hydroxylation is 2. The number of carbonyl (C=O) groups excluding carboxylic acids is 1. The fourth-order valence-corrected chi connectivity index (χ4v) is 2.93. The molecule has 6 nitrogen and oxygen atoms in total. The summed E-state index contributed by atoms with van der Waals surface area (Å²) in [6, 6.07) is 9.64. The lowest BCUT2D eigenvalue weighted by Crippen LogP contribution is -2.12. The van der Waals surface area contributed by atoms with E-state index in [1.165, 1.54) is 5.56 Å². The Hall–Kier alpha value is -2.54. The minimum Gasteiger partial charge on any atom is -0.469 e. The van der Waals surface area contributed by atoms with Gasteiger partial charge in [0.05, 0.1) is 11.8 Å². The number of benzene rings is 1. The fraction of sp³-hybridized carbons (Fsp3) is 0.278. The van der Waals surface area contributed by atoms with Crippen LogP contribution in [0.25, 0.3) is 11.5 Å². The Morgan fingerprint density at radius 3 is 2.92 bits per heavy atom. The molecule has 1 amide bonds. The zero-order valence-electron chi connectivity index (χ0n) is 14.1. The van der Waals surface area contributed by atoms with Crippen molar-refractivity contribution in [3.05, 3.63) is 53.8 Å². The standard InChI is InChI=1S/C18H19N3O3S/c1-12-15(8-9-23-12)18-21-20-17(24-18)7-6-16(22)19-14-5-3-4-13(10-14)11-25-2/h3-5,8-10H,6-7,11H2,1-2H3,(H,19,22). The van der Waals surface area contributed by atoms with E-state index in [2.05, 4.69) is 21.8 Å². The first-order valence-electron chi connectivity index (χ1n) is 7.90. The largest absolute Gasteiger partial charge is 0.469 e. The van der Waals surface area contributed by atoms with Crippen molar-refractivity contribution in [2.24, 2.45) is 0 Å². The van der Waals surface area contributed by atoms with E-state index in [4.69, 9.17) is 8.83 Å². The Labute approximate surface area is 150 Å². The van der Waals surface area contributed by atoms with E-state index in [-0.39, 0.29) is 12.3 Å². The molecule has 3 aromatic rings. The van der Waals surface area contributed by atoms with Gasteiger partial charge in [-0.05, 0) is 36.9 Å². The van der Waals surface area contributed by atoms with E-state index < -0.39 is 0 Å². The van der Waals surface area contributed by atoms with Gasteiger partial charge < -0.3 is 14.2 Å². The molecule has 3 rings (SSSR count). The third kappa shape index (κ3) is 4.51. The number of anilines is 1. The molecule has 7 heteroatoms. The van der Waals surface area contributed by atoms with Crippen LogP contribution in [-0.2, 0) is 17.0 Å². The average molecular weight is 357 g/mol. The van der Waals surface area contributed by atoms with Crippen LogP contribution in [0.3, 0.4) is 0 Å². The van der Waals surface area contributed by atoms with Gasteiger partial charge in [0, 0.05) is 24.3 Å². The summed E-state index contributed by atoms with van der Waals surface area (Å²) in [5.74, 6) is 2.40. The molecule has 130 valence electrons. The molecule has 0 aliphatic carbocycles. The van der Waals surface area contributed by atoms with Crippen molar-refractivity contribution in [1.29, 1.82) is 0 Å². The summed E-state index contributed by atoms with van der Waals surface area (Å²) in [7, 11) is 0. The molecule has 0 bridgehead atoms. The number of nitrogens with one attached hydrogen (secondary N) is 1. The second kappa shape index (κ2) is 8.02. The van der Waals surface area contributed by atoms with Crippen LogP contribution < -0.4 is 5.32 Å². The first-order valence-corrected chi connectivity index (χ1v) is 9.29. The number of aromatic nitrogens is 2. The van der Waals surface area contributed by atoms with Gasteiger partial charge in [-0.15, -0.1) is 10.2 Å². The number of thioether (sulfide) groups is 1. The highest BCUT2D eigenvalue weighted by Gasteiger charge is 2.14. The highest BCUT2D eigenvalue weighted by molar-refractivity contribution is 7.97. The van der Waals surface area contributed by atoms with Gasteiger partial charge in [0.1, 0.15) is 5.76 Å².